The number of anilines is 1. The van der Waals surface area contributed by atoms with E-state index in [9.17, 15) is 20.0 Å². The van der Waals surface area contributed by atoms with Gasteiger partial charge in [0.1, 0.15) is 22.6 Å². The molecule has 1 aromatic carbocycles. The van der Waals surface area contributed by atoms with Gasteiger partial charge in [-0.1, -0.05) is 30.3 Å². The van der Waals surface area contributed by atoms with E-state index in [2.05, 4.69) is 0 Å². The standard InChI is InChI=1S/C17H16N2O5S/c1-2-23-17(22)14-12(11(8-18)15(19)25-14)9-24-16(21)13(20)10-6-4-3-5-7-10/h3-7,13,20H,2,9,19H2,1H3/t13-/m1/s1. The molecule has 0 spiro atoms. The van der Waals surface area contributed by atoms with E-state index < -0.39 is 18.0 Å². The average molecular weight is 360 g/mol. The van der Waals surface area contributed by atoms with E-state index in [4.69, 9.17) is 15.2 Å². The number of aliphatic hydroxyl groups excluding tert-OH is 1. The van der Waals surface area contributed by atoms with Crippen LogP contribution in [-0.4, -0.2) is 23.7 Å². The summed E-state index contributed by atoms with van der Waals surface area (Å²) < 4.78 is 9.99. The van der Waals surface area contributed by atoms with E-state index in [1.54, 1.807) is 37.3 Å². The van der Waals surface area contributed by atoms with Crippen molar-refractivity contribution in [3.05, 3.63) is 51.9 Å². The summed E-state index contributed by atoms with van der Waals surface area (Å²) in [6, 6.07) is 10.2. The maximum absolute atomic E-state index is 12.0. The highest BCUT2D eigenvalue weighted by Crippen LogP contribution is 2.32. The predicted octanol–water partition coefficient (Wildman–Crippen LogP) is 2.16. The highest BCUT2D eigenvalue weighted by atomic mass is 32.1. The van der Waals surface area contributed by atoms with Gasteiger partial charge in [0, 0.05) is 5.56 Å². The van der Waals surface area contributed by atoms with Crippen LogP contribution in [0.2, 0.25) is 0 Å². The predicted molar refractivity (Wildman–Crippen MR) is 90.6 cm³/mol. The molecule has 2 rings (SSSR count). The van der Waals surface area contributed by atoms with Gasteiger partial charge in [-0.15, -0.1) is 11.3 Å². The lowest BCUT2D eigenvalue weighted by atomic mass is 10.1. The smallest absolute Gasteiger partial charge is 0.348 e. The van der Waals surface area contributed by atoms with E-state index in [-0.39, 0.29) is 34.2 Å². The van der Waals surface area contributed by atoms with Crippen molar-refractivity contribution >= 4 is 28.3 Å². The van der Waals surface area contributed by atoms with Crippen LogP contribution in [0.3, 0.4) is 0 Å². The van der Waals surface area contributed by atoms with Gasteiger partial charge < -0.3 is 20.3 Å². The number of benzene rings is 1. The highest BCUT2D eigenvalue weighted by Gasteiger charge is 2.25. The van der Waals surface area contributed by atoms with Gasteiger partial charge in [0.05, 0.1) is 12.2 Å². The number of rotatable bonds is 6. The Labute approximate surface area is 148 Å². The van der Waals surface area contributed by atoms with E-state index in [1.807, 2.05) is 6.07 Å². The number of thiophene rings is 1. The fourth-order valence-corrected chi connectivity index (χ4v) is 3.02. The molecule has 0 bridgehead atoms. The molecule has 130 valence electrons. The van der Waals surface area contributed by atoms with Crippen LogP contribution in [-0.2, 0) is 20.9 Å². The Hall–Kier alpha value is -2.89. The Kier molecular flexibility index (Phi) is 6.11. The van der Waals surface area contributed by atoms with Gasteiger partial charge in [0.15, 0.2) is 6.10 Å². The minimum atomic E-state index is -1.46. The van der Waals surface area contributed by atoms with Crippen LogP contribution in [0.4, 0.5) is 5.00 Å². The van der Waals surface area contributed by atoms with Crippen LogP contribution in [0.1, 0.15) is 39.4 Å². The monoisotopic (exact) mass is 360 g/mol. The zero-order chi connectivity index (χ0) is 18.4. The third-order valence-corrected chi connectivity index (χ3v) is 4.35. The molecule has 0 saturated heterocycles. The van der Waals surface area contributed by atoms with Crippen molar-refractivity contribution in [3.8, 4) is 6.07 Å². The summed E-state index contributed by atoms with van der Waals surface area (Å²) in [5, 5.41) is 19.4. The molecule has 1 aromatic heterocycles. The van der Waals surface area contributed by atoms with E-state index in [0.717, 1.165) is 11.3 Å². The van der Waals surface area contributed by atoms with Crippen molar-refractivity contribution in [1.29, 1.82) is 5.26 Å². The molecule has 0 aliphatic rings. The van der Waals surface area contributed by atoms with Crippen LogP contribution in [0.25, 0.3) is 0 Å². The number of nitriles is 1. The average Bonchev–Trinajstić information content (AvgIpc) is 2.95. The molecule has 0 saturated carbocycles. The quantitative estimate of drug-likeness (QED) is 0.757. The fourth-order valence-electron chi connectivity index (χ4n) is 2.10. The summed E-state index contributed by atoms with van der Waals surface area (Å²) in [7, 11) is 0. The van der Waals surface area contributed by atoms with Crippen LogP contribution in [0.15, 0.2) is 30.3 Å². The summed E-state index contributed by atoms with van der Waals surface area (Å²) in [4.78, 5) is 24.1. The summed E-state index contributed by atoms with van der Waals surface area (Å²) in [6.45, 7) is 1.44. The van der Waals surface area contributed by atoms with Crippen molar-refractivity contribution in [2.45, 2.75) is 19.6 Å². The number of nitrogen functional groups attached to an aromatic ring is 1. The van der Waals surface area contributed by atoms with Crippen molar-refractivity contribution < 1.29 is 24.2 Å². The summed E-state index contributed by atoms with van der Waals surface area (Å²) >= 11 is 0.897. The Balaban J connectivity index is 2.18. The zero-order valence-electron chi connectivity index (χ0n) is 13.4. The lowest BCUT2D eigenvalue weighted by Crippen LogP contribution is -2.16. The first-order valence-electron chi connectivity index (χ1n) is 7.37. The summed E-state index contributed by atoms with van der Waals surface area (Å²) in [5.74, 6) is -1.54. The second-order valence-electron chi connectivity index (χ2n) is 4.90. The largest absolute Gasteiger partial charge is 0.462 e. The molecule has 0 fully saturated rings. The second-order valence-corrected chi connectivity index (χ2v) is 5.95. The Morgan fingerprint density at radius 2 is 2.00 bits per heavy atom. The second kappa shape index (κ2) is 8.28. The maximum Gasteiger partial charge on any atom is 0.348 e. The number of ether oxygens (including phenoxy) is 2. The Morgan fingerprint density at radius 1 is 1.32 bits per heavy atom. The number of aliphatic hydroxyl groups is 1. The summed E-state index contributed by atoms with van der Waals surface area (Å²) in [5.41, 5.74) is 6.36. The van der Waals surface area contributed by atoms with Gasteiger partial charge in [-0.05, 0) is 12.5 Å². The van der Waals surface area contributed by atoms with Gasteiger partial charge in [-0.25, -0.2) is 9.59 Å². The van der Waals surface area contributed by atoms with Crippen molar-refractivity contribution in [2.24, 2.45) is 0 Å². The third-order valence-electron chi connectivity index (χ3n) is 3.30. The number of hydrogen-bond acceptors (Lipinski definition) is 8. The van der Waals surface area contributed by atoms with Crippen LogP contribution >= 0.6 is 11.3 Å². The van der Waals surface area contributed by atoms with E-state index in [1.165, 1.54) is 0 Å². The van der Waals surface area contributed by atoms with E-state index >= 15 is 0 Å². The maximum atomic E-state index is 12.0. The Morgan fingerprint density at radius 3 is 2.60 bits per heavy atom. The molecular formula is C17H16N2O5S. The molecule has 3 N–H and O–H groups in total. The van der Waals surface area contributed by atoms with Gasteiger partial charge >= 0.3 is 11.9 Å². The van der Waals surface area contributed by atoms with Crippen molar-refractivity contribution in [1.82, 2.24) is 0 Å². The van der Waals surface area contributed by atoms with Crippen LogP contribution in [0, 0.1) is 11.3 Å². The molecule has 7 nitrogen and oxygen atoms in total. The lowest BCUT2D eigenvalue weighted by Gasteiger charge is -2.11. The third kappa shape index (κ3) is 4.15. The molecule has 8 heteroatoms. The van der Waals surface area contributed by atoms with Crippen molar-refractivity contribution in [3.63, 3.8) is 0 Å². The van der Waals surface area contributed by atoms with Crippen LogP contribution in [0.5, 0.6) is 0 Å². The number of carbonyl (C=O) groups excluding carboxylic acids is 2. The Bertz CT molecular complexity index is 810. The van der Waals surface area contributed by atoms with E-state index in [0.29, 0.717) is 5.56 Å². The minimum Gasteiger partial charge on any atom is -0.462 e. The van der Waals surface area contributed by atoms with Gasteiger partial charge in [0.2, 0.25) is 0 Å². The molecular weight excluding hydrogens is 344 g/mol. The van der Waals surface area contributed by atoms with Gasteiger partial charge in [0.25, 0.3) is 0 Å². The molecule has 0 aliphatic carbocycles. The molecule has 0 radical (unpaired) electrons. The van der Waals surface area contributed by atoms with Crippen LogP contribution < -0.4 is 5.73 Å². The number of nitrogens with zero attached hydrogens (tertiary/aromatic N) is 1. The molecule has 0 amide bonds. The SMILES string of the molecule is CCOC(=O)c1sc(N)c(C#N)c1COC(=O)[C@H](O)c1ccccc1. The van der Waals surface area contributed by atoms with Crippen molar-refractivity contribution in [2.75, 3.05) is 12.3 Å². The number of esters is 2. The topological polar surface area (TPSA) is 123 Å². The van der Waals surface area contributed by atoms with Gasteiger partial charge in [-0.3, -0.25) is 0 Å². The molecule has 25 heavy (non-hydrogen) atoms. The molecule has 1 heterocycles. The molecule has 2 aromatic rings. The van der Waals surface area contributed by atoms with Gasteiger partial charge in [-0.2, -0.15) is 5.26 Å². The number of hydrogen-bond donors (Lipinski definition) is 2. The molecule has 0 aliphatic heterocycles. The number of carbonyl (C=O) groups is 2. The summed E-state index contributed by atoms with van der Waals surface area (Å²) in [6.07, 6.45) is -1.46. The lowest BCUT2D eigenvalue weighted by molar-refractivity contribution is -0.155. The first-order chi connectivity index (χ1) is 12.0. The molecule has 0 unspecified atom stereocenters. The normalized spacial score (nSPS) is 11.4. The highest BCUT2D eigenvalue weighted by molar-refractivity contribution is 7.18. The first-order valence-corrected chi connectivity index (χ1v) is 8.19. The first kappa shape index (κ1) is 18.4. The number of nitrogens with two attached hydrogens (primary N) is 1. The zero-order valence-corrected chi connectivity index (χ0v) is 14.2. The molecule has 1 atom stereocenters. The minimum absolute atomic E-state index is 0.0649. The fraction of sp³-hybridized carbons (Fsp3) is 0.235.